The molecule has 4 nitrogen and oxygen atoms in total. The van der Waals surface area contributed by atoms with Crippen LogP contribution in [0.1, 0.15) is 19.3 Å². The lowest BCUT2D eigenvalue weighted by atomic mass is 10.3. The number of carbonyl (C=O) groups is 2. The highest BCUT2D eigenvalue weighted by molar-refractivity contribution is 5.39. The molecule has 1 aliphatic carbocycles. The van der Waals surface area contributed by atoms with E-state index in [4.69, 9.17) is 9.47 Å². The molecule has 0 N–H and O–H groups in total. The third-order valence-electron chi connectivity index (χ3n) is 1.85. The molecule has 62 valence electrons. The Labute approximate surface area is 64.5 Å². The van der Waals surface area contributed by atoms with E-state index in [0.717, 1.165) is 19.3 Å². The smallest absolute Gasteiger partial charge is 0.293 e. The van der Waals surface area contributed by atoms with Gasteiger partial charge in [0.2, 0.25) is 0 Å². The van der Waals surface area contributed by atoms with Crippen molar-refractivity contribution in [2.45, 2.75) is 31.5 Å². The summed E-state index contributed by atoms with van der Waals surface area (Å²) in [4.78, 5) is 19.9. The normalized spacial score (nSPS) is 29.5. The summed E-state index contributed by atoms with van der Waals surface area (Å²) in [6.45, 7) is 0.800. The number of rotatable bonds is 4. The summed E-state index contributed by atoms with van der Waals surface area (Å²) in [5, 5.41) is 0. The standard InChI is InChI=1S/C7H10O4/c8-4-10-6-2-1-3-7(6)11-5-9/h4-7H,1-3H2/t6-,7-/m1/s1. The molecule has 1 fully saturated rings. The van der Waals surface area contributed by atoms with E-state index in [2.05, 4.69) is 0 Å². The van der Waals surface area contributed by atoms with Crippen molar-refractivity contribution in [3.63, 3.8) is 0 Å². The van der Waals surface area contributed by atoms with Gasteiger partial charge in [0, 0.05) is 0 Å². The van der Waals surface area contributed by atoms with Gasteiger partial charge < -0.3 is 9.47 Å². The number of hydrogen-bond donors (Lipinski definition) is 0. The Bertz CT molecular complexity index is 129. The summed E-state index contributed by atoms with van der Waals surface area (Å²) in [7, 11) is 0. The van der Waals surface area contributed by atoms with E-state index in [1.165, 1.54) is 0 Å². The van der Waals surface area contributed by atoms with Crippen LogP contribution in [-0.2, 0) is 19.1 Å². The van der Waals surface area contributed by atoms with Crippen LogP contribution in [0.2, 0.25) is 0 Å². The lowest BCUT2D eigenvalue weighted by molar-refractivity contribution is -0.148. The summed E-state index contributed by atoms with van der Waals surface area (Å²) in [5.41, 5.74) is 0. The molecule has 0 bridgehead atoms. The molecule has 0 heterocycles. The van der Waals surface area contributed by atoms with Gasteiger partial charge in [0.05, 0.1) is 0 Å². The number of ether oxygens (including phenoxy) is 2. The minimum atomic E-state index is -0.224. The number of hydrogen-bond acceptors (Lipinski definition) is 4. The molecule has 11 heavy (non-hydrogen) atoms. The van der Waals surface area contributed by atoms with Gasteiger partial charge in [-0.2, -0.15) is 0 Å². The topological polar surface area (TPSA) is 52.6 Å². The second-order valence-electron chi connectivity index (χ2n) is 2.47. The van der Waals surface area contributed by atoms with Gasteiger partial charge in [0.25, 0.3) is 12.9 Å². The van der Waals surface area contributed by atoms with Gasteiger partial charge in [-0.3, -0.25) is 9.59 Å². The van der Waals surface area contributed by atoms with E-state index < -0.39 is 0 Å². The van der Waals surface area contributed by atoms with Crippen molar-refractivity contribution in [3.05, 3.63) is 0 Å². The highest BCUT2D eigenvalue weighted by atomic mass is 16.6. The van der Waals surface area contributed by atoms with E-state index >= 15 is 0 Å². The summed E-state index contributed by atoms with van der Waals surface area (Å²) >= 11 is 0. The van der Waals surface area contributed by atoms with E-state index in [-0.39, 0.29) is 12.2 Å². The van der Waals surface area contributed by atoms with Crippen LogP contribution in [0.15, 0.2) is 0 Å². The molecule has 0 aliphatic heterocycles. The van der Waals surface area contributed by atoms with Crippen LogP contribution < -0.4 is 0 Å². The van der Waals surface area contributed by atoms with Crippen LogP contribution in [0.25, 0.3) is 0 Å². The minimum Gasteiger partial charge on any atom is -0.461 e. The van der Waals surface area contributed by atoms with E-state index in [0.29, 0.717) is 12.9 Å². The summed E-state index contributed by atoms with van der Waals surface area (Å²) in [6, 6.07) is 0. The van der Waals surface area contributed by atoms with Gasteiger partial charge in [-0.25, -0.2) is 0 Å². The molecule has 4 heteroatoms. The summed E-state index contributed by atoms with van der Waals surface area (Å²) < 4.78 is 9.41. The van der Waals surface area contributed by atoms with Crippen molar-refractivity contribution in [1.29, 1.82) is 0 Å². The minimum absolute atomic E-state index is 0.224. The van der Waals surface area contributed by atoms with Gasteiger partial charge in [0.1, 0.15) is 12.2 Å². The summed E-state index contributed by atoms with van der Waals surface area (Å²) in [6.07, 6.45) is 2.07. The zero-order valence-corrected chi connectivity index (χ0v) is 6.06. The van der Waals surface area contributed by atoms with Gasteiger partial charge in [-0.15, -0.1) is 0 Å². The molecule has 0 unspecified atom stereocenters. The Morgan fingerprint density at radius 1 is 1.00 bits per heavy atom. The maximum absolute atomic E-state index is 9.94. The van der Waals surface area contributed by atoms with Gasteiger partial charge in [0.15, 0.2) is 0 Å². The van der Waals surface area contributed by atoms with Crippen LogP contribution in [-0.4, -0.2) is 25.2 Å². The van der Waals surface area contributed by atoms with Gasteiger partial charge in [-0.1, -0.05) is 0 Å². The largest absolute Gasteiger partial charge is 0.461 e. The third-order valence-corrected chi connectivity index (χ3v) is 1.85. The maximum Gasteiger partial charge on any atom is 0.293 e. The number of carbonyl (C=O) groups excluding carboxylic acids is 2. The van der Waals surface area contributed by atoms with Crippen molar-refractivity contribution in [1.82, 2.24) is 0 Å². The zero-order valence-electron chi connectivity index (χ0n) is 6.06. The molecule has 1 rings (SSSR count). The first kappa shape index (κ1) is 8.04. The fraction of sp³-hybridized carbons (Fsp3) is 0.714. The molecule has 2 atom stereocenters. The average molecular weight is 158 g/mol. The third kappa shape index (κ3) is 1.93. The molecule has 0 saturated heterocycles. The predicted molar refractivity (Wildman–Crippen MR) is 35.7 cm³/mol. The molecular formula is C7H10O4. The average Bonchev–Trinajstić information content (AvgIpc) is 2.39. The first-order chi connectivity index (χ1) is 5.38. The molecule has 1 aliphatic rings. The van der Waals surface area contributed by atoms with Crippen LogP contribution in [0.4, 0.5) is 0 Å². The fourth-order valence-corrected chi connectivity index (χ4v) is 1.35. The molecular weight excluding hydrogens is 148 g/mol. The van der Waals surface area contributed by atoms with Crippen molar-refractivity contribution in [2.24, 2.45) is 0 Å². The second kappa shape index (κ2) is 3.95. The van der Waals surface area contributed by atoms with E-state index in [1.807, 2.05) is 0 Å². The second-order valence-corrected chi connectivity index (χ2v) is 2.47. The predicted octanol–water partition coefficient (Wildman–Crippen LogP) is 0.254. The van der Waals surface area contributed by atoms with Gasteiger partial charge in [-0.05, 0) is 19.3 Å². The van der Waals surface area contributed by atoms with Crippen LogP contribution in [0.5, 0.6) is 0 Å². The highest BCUT2D eigenvalue weighted by Crippen LogP contribution is 2.23. The van der Waals surface area contributed by atoms with E-state index in [9.17, 15) is 9.59 Å². The Balaban J connectivity index is 2.36. The molecule has 0 aromatic heterocycles. The zero-order chi connectivity index (χ0) is 8.10. The SMILES string of the molecule is O=CO[C@@H]1CCC[C@H]1OC=O. The van der Waals surface area contributed by atoms with Crippen molar-refractivity contribution < 1.29 is 19.1 Å². The van der Waals surface area contributed by atoms with Crippen molar-refractivity contribution in [2.75, 3.05) is 0 Å². The van der Waals surface area contributed by atoms with Gasteiger partial charge >= 0.3 is 0 Å². The van der Waals surface area contributed by atoms with Crippen LogP contribution in [0.3, 0.4) is 0 Å². The monoisotopic (exact) mass is 158 g/mol. The Morgan fingerprint density at radius 3 is 1.82 bits per heavy atom. The quantitative estimate of drug-likeness (QED) is 0.550. The molecule has 0 radical (unpaired) electrons. The Kier molecular flexibility index (Phi) is 2.89. The van der Waals surface area contributed by atoms with E-state index in [1.54, 1.807) is 0 Å². The lowest BCUT2D eigenvalue weighted by Gasteiger charge is -2.15. The molecule has 0 amide bonds. The molecule has 0 spiro atoms. The first-order valence-corrected chi connectivity index (χ1v) is 3.56. The fourth-order valence-electron chi connectivity index (χ4n) is 1.35. The van der Waals surface area contributed by atoms with Crippen LogP contribution >= 0.6 is 0 Å². The van der Waals surface area contributed by atoms with Crippen LogP contribution in [0, 0.1) is 0 Å². The maximum atomic E-state index is 9.94. The molecule has 0 aromatic rings. The lowest BCUT2D eigenvalue weighted by Crippen LogP contribution is -2.25. The summed E-state index contributed by atoms with van der Waals surface area (Å²) in [5.74, 6) is 0. The Morgan fingerprint density at radius 2 is 1.45 bits per heavy atom. The van der Waals surface area contributed by atoms with Crippen molar-refractivity contribution in [3.8, 4) is 0 Å². The first-order valence-electron chi connectivity index (χ1n) is 3.56. The Hall–Kier alpha value is -1.06. The van der Waals surface area contributed by atoms with Crippen molar-refractivity contribution >= 4 is 12.9 Å². The highest BCUT2D eigenvalue weighted by Gasteiger charge is 2.29. The molecule has 1 saturated carbocycles. The molecule has 0 aromatic carbocycles.